The van der Waals surface area contributed by atoms with Gasteiger partial charge in [0.2, 0.25) is 0 Å². The second-order valence-electron chi connectivity index (χ2n) is 8.09. The average molecular weight is 388 g/mol. The largest absolute Gasteiger partial charge is 0.457 e. The number of ether oxygens (including phenoxy) is 1. The zero-order valence-corrected chi connectivity index (χ0v) is 16.3. The number of benzene rings is 2. The highest BCUT2D eigenvalue weighted by molar-refractivity contribution is 5.67. The van der Waals surface area contributed by atoms with Crippen molar-refractivity contribution in [3.8, 4) is 11.5 Å². The summed E-state index contributed by atoms with van der Waals surface area (Å²) in [5.41, 5.74) is 2.10. The fourth-order valence-corrected chi connectivity index (χ4v) is 4.81. The smallest absolute Gasteiger partial charge is 0.129 e. The van der Waals surface area contributed by atoms with E-state index in [0.29, 0.717) is 12.1 Å². The SMILES string of the molecule is C1=NN2CN1C1CCCCC1N1C=NN(C1)c1cccc(c1)Oc1cccc2c1. The van der Waals surface area contributed by atoms with Gasteiger partial charge in [-0.3, -0.25) is 0 Å². The number of hydrogen-bond donors (Lipinski definition) is 0. The lowest BCUT2D eigenvalue weighted by Gasteiger charge is -2.41. The van der Waals surface area contributed by atoms with Crippen LogP contribution in [0.5, 0.6) is 11.5 Å². The third-order valence-corrected chi connectivity index (χ3v) is 6.29. The van der Waals surface area contributed by atoms with Crippen LogP contribution in [0.25, 0.3) is 0 Å². The molecule has 0 amide bonds. The molecule has 2 atom stereocenters. The highest BCUT2D eigenvalue weighted by atomic mass is 16.5. The molecule has 7 heteroatoms. The van der Waals surface area contributed by atoms with Crippen LogP contribution in [0.4, 0.5) is 11.4 Å². The molecule has 1 saturated carbocycles. The number of anilines is 2. The predicted octanol–water partition coefficient (Wildman–Crippen LogP) is 3.85. The Kier molecular flexibility index (Phi) is 3.85. The summed E-state index contributed by atoms with van der Waals surface area (Å²) in [6, 6.07) is 17.2. The third kappa shape index (κ3) is 2.97. The Morgan fingerprint density at radius 1 is 0.724 bits per heavy atom. The van der Waals surface area contributed by atoms with Gasteiger partial charge in [0.25, 0.3) is 0 Å². The summed E-state index contributed by atoms with van der Waals surface area (Å²) in [5, 5.41) is 13.5. The average Bonchev–Trinajstić information content (AvgIpc) is 3.44. The molecular formula is C22H24N6O. The monoisotopic (exact) mass is 388 g/mol. The van der Waals surface area contributed by atoms with Crippen molar-refractivity contribution >= 4 is 24.1 Å². The Balaban J connectivity index is 1.42. The van der Waals surface area contributed by atoms with E-state index in [1.54, 1.807) is 0 Å². The fourth-order valence-electron chi connectivity index (χ4n) is 4.81. The van der Waals surface area contributed by atoms with E-state index in [1.807, 2.05) is 36.9 Å². The van der Waals surface area contributed by atoms with E-state index in [9.17, 15) is 0 Å². The van der Waals surface area contributed by atoms with Crippen molar-refractivity contribution in [1.82, 2.24) is 9.80 Å². The van der Waals surface area contributed by atoms with Gasteiger partial charge in [-0.2, -0.15) is 10.2 Å². The van der Waals surface area contributed by atoms with Gasteiger partial charge in [0.1, 0.15) is 37.5 Å². The van der Waals surface area contributed by atoms with Crippen LogP contribution in [0.1, 0.15) is 25.7 Å². The standard InChI is InChI=1S/C22H24N6O/c1-2-10-22-21(9-1)25-13-23-27(15-25)17-5-3-7-19(11-17)29-20-8-4-6-18(12-20)28-16-26(22)14-24-28/h3-8,11-14,21-22H,1-2,9-10,15-16H2. The molecule has 2 aromatic rings. The number of nitrogens with zero attached hydrogens (tertiary/aromatic N) is 6. The zero-order chi connectivity index (χ0) is 19.2. The predicted molar refractivity (Wildman–Crippen MR) is 114 cm³/mol. The molecule has 6 rings (SSSR count). The zero-order valence-electron chi connectivity index (χ0n) is 16.3. The normalized spacial score (nSPS) is 24.8. The van der Waals surface area contributed by atoms with Crippen LogP contribution in [0.2, 0.25) is 0 Å². The first-order valence-corrected chi connectivity index (χ1v) is 10.4. The van der Waals surface area contributed by atoms with Crippen LogP contribution in [0.3, 0.4) is 0 Å². The fraction of sp³-hybridized carbons (Fsp3) is 0.364. The van der Waals surface area contributed by atoms with Crippen LogP contribution >= 0.6 is 0 Å². The van der Waals surface area contributed by atoms with Crippen molar-refractivity contribution in [1.29, 1.82) is 0 Å². The van der Waals surface area contributed by atoms with Crippen LogP contribution in [0, 0.1) is 0 Å². The highest BCUT2D eigenvalue weighted by Crippen LogP contribution is 2.34. The summed E-state index contributed by atoms with van der Waals surface area (Å²) in [6.45, 7) is 1.54. The molecule has 4 aliphatic rings. The number of fused-ring (bicyclic) bond motifs is 13. The molecule has 2 aromatic carbocycles. The molecule has 0 aromatic heterocycles. The molecule has 0 N–H and O–H groups in total. The first-order valence-electron chi connectivity index (χ1n) is 10.4. The molecule has 148 valence electrons. The molecule has 1 fully saturated rings. The lowest BCUT2D eigenvalue weighted by Crippen LogP contribution is -2.53. The van der Waals surface area contributed by atoms with Crippen LogP contribution < -0.4 is 14.8 Å². The van der Waals surface area contributed by atoms with Crippen molar-refractivity contribution in [3.63, 3.8) is 0 Å². The Morgan fingerprint density at radius 3 is 1.76 bits per heavy atom. The maximum Gasteiger partial charge on any atom is 0.129 e. The maximum absolute atomic E-state index is 6.16. The minimum atomic E-state index is 0.444. The lowest BCUT2D eigenvalue weighted by atomic mass is 9.88. The number of rotatable bonds is 0. The Morgan fingerprint density at radius 2 is 1.24 bits per heavy atom. The second kappa shape index (κ2) is 6.69. The Bertz CT molecular complexity index is 898. The summed E-state index contributed by atoms with van der Waals surface area (Å²) < 4.78 is 6.16. The van der Waals surface area contributed by atoms with Gasteiger partial charge in [0.15, 0.2) is 0 Å². The Labute approximate surface area is 170 Å². The summed E-state index contributed by atoms with van der Waals surface area (Å²) in [5.74, 6) is 1.62. The molecule has 0 radical (unpaired) electrons. The van der Waals surface area contributed by atoms with Gasteiger partial charge in [0, 0.05) is 12.1 Å². The maximum atomic E-state index is 6.16. The molecule has 0 spiro atoms. The van der Waals surface area contributed by atoms with Gasteiger partial charge in [-0.05, 0) is 37.1 Å². The topological polar surface area (TPSA) is 46.9 Å². The first-order chi connectivity index (χ1) is 14.3. The van der Waals surface area contributed by atoms with Crippen molar-refractivity contribution in [3.05, 3.63) is 48.5 Å². The van der Waals surface area contributed by atoms with Crippen molar-refractivity contribution in [2.24, 2.45) is 10.2 Å². The van der Waals surface area contributed by atoms with E-state index >= 15 is 0 Å². The van der Waals surface area contributed by atoms with Gasteiger partial charge in [-0.25, -0.2) is 10.0 Å². The van der Waals surface area contributed by atoms with E-state index in [1.165, 1.54) is 25.7 Å². The van der Waals surface area contributed by atoms with Gasteiger partial charge in [-0.15, -0.1) is 0 Å². The van der Waals surface area contributed by atoms with Crippen molar-refractivity contribution in [2.45, 2.75) is 37.8 Å². The molecule has 3 heterocycles. The minimum absolute atomic E-state index is 0.444. The molecular weight excluding hydrogens is 364 g/mol. The van der Waals surface area contributed by atoms with Crippen LogP contribution in [0.15, 0.2) is 58.7 Å². The molecule has 0 saturated heterocycles. The van der Waals surface area contributed by atoms with Crippen molar-refractivity contribution < 1.29 is 4.74 Å². The van der Waals surface area contributed by atoms with Crippen molar-refractivity contribution in [2.75, 3.05) is 23.4 Å². The minimum Gasteiger partial charge on any atom is -0.457 e. The van der Waals surface area contributed by atoms with E-state index in [4.69, 9.17) is 14.9 Å². The first kappa shape index (κ1) is 16.7. The molecule has 7 nitrogen and oxygen atoms in total. The number of hydrogen-bond acceptors (Lipinski definition) is 7. The molecule has 8 bridgehead atoms. The quantitative estimate of drug-likeness (QED) is 0.686. The molecule has 1 aliphatic carbocycles. The highest BCUT2D eigenvalue weighted by Gasteiger charge is 2.37. The summed E-state index contributed by atoms with van der Waals surface area (Å²) in [4.78, 5) is 4.79. The molecule has 3 aliphatic heterocycles. The lowest BCUT2D eigenvalue weighted by molar-refractivity contribution is 0.146. The van der Waals surface area contributed by atoms with Gasteiger partial charge in [0.05, 0.1) is 23.5 Å². The van der Waals surface area contributed by atoms with E-state index in [2.05, 4.69) is 44.1 Å². The number of hydrazone groups is 2. The van der Waals surface area contributed by atoms with Gasteiger partial charge in [-0.1, -0.05) is 25.0 Å². The molecule has 29 heavy (non-hydrogen) atoms. The summed E-state index contributed by atoms with van der Waals surface area (Å²) in [6.07, 6.45) is 8.93. The van der Waals surface area contributed by atoms with Crippen LogP contribution in [-0.4, -0.2) is 47.9 Å². The molecule has 2 unspecified atom stereocenters. The van der Waals surface area contributed by atoms with E-state index < -0.39 is 0 Å². The van der Waals surface area contributed by atoms with Gasteiger partial charge >= 0.3 is 0 Å². The summed E-state index contributed by atoms with van der Waals surface area (Å²) in [7, 11) is 0. The van der Waals surface area contributed by atoms with E-state index in [-0.39, 0.29) is 0 Å². The van der Waals surface area contributed by atoms with Crippen LogP contribution in [-0.2, 0) is 0 Å². The second-order valence-corrected chi connectivity index (χ2v) is 8.09. The Hall–Kier alpha value is -3.22. The van der Waals surface area contributed by atoms with E-state index in [0.717, 1.165) is 36.2 Å². The third-order valence-electron chi connectivity index (χ3n) is 6.29. The summed E-state index contributed by atoms with van der Waals surface area (Å²) >= 11 is 0. The van der Waals surface area contributed by atoms with Gasteiger partial charge < -0.3 is 14.5 Å².